The molecular formula is C21H17N7O. The van der Waals surface area contributed by atoms with Crippen molar-refractivity contribution >= 4 is 16.7 Å². The van der Waals surface area contributed by atoms with Crippen molar-refractivity contribution < 1.29 is 4.79 Å². The lowest BCUT2D eigenvalue weighted by Crippen LogP contribution is -2.04. The van der Waals surface area contributed by atoms with Gasteiger partial charge in [0.25, 0.3) is 0 Å². The number of H-pyrrole nitrogens is 2. The quantitative estimate of drug-likeness (QED) is 0.439. The molecule has 0 unspecified atom stereocenters. The van der Waals surface area contributed by atoms with E-state index in [1.807, 2.05) is 42.7 Å². The molecule has 1 aromatic carbocycles. The third kappa shape index (κ3) is 3.43. The average molecular weight is 383 g/mol. The van der Waals surface area contributed by atoms with Crippen LogP contribution < -0.4 is 0 Å². The molecular weight excluding hydrogens is 366 g/mol. The third-order valence-corrected chi connectivity index (χ3v) is 4.78. The number of nitrogens with zero attached hydrogens (tertiary/aromatic N) is 5. The molecule has 5 aromatic rings. The molecule has 0 saturated heterocycles. The monoisotopic (exact) mass is 383 g/mol. The first-order chi connectivity index (χ1) is 14.3. The number of carbonyl (C=O) groups excluding carboxylic acids is 1. The molecule has 0 fully saturated rings. The molecule has 0 radical (unpaired) electrons. The van der Waals surface area contributed by atoms with E-state index in [9.17, 15) is 4.79 Å². The van der Waals surface area contributed by atoms with E-state index >= 15 is 0 Å². The maximum Gasteiger partial charge on any atom is 0.188 e. The van der Waals surface area contributed by atoms with Gasteiger partial charge in [-0.05, 0) is 34.9 Å². The Morgan fingerprint density at radius 1 is 1.07 bits per heavy atom. The molecule has 4 aromatic heterocycles. The van der Waals surface area contributed by atoms with E-state index in [1.54, 1.807) is 29.5 Å². The Bertz CT molecular complexity index is 1270. The fourth-order valence-corrected chi connectivity index (χ4v) is 3.35. The number of Topliss-reactive ketones (excluding diaryl/α,β-unsaturated/α-hetero) is 1. The minimum absolute atomic E-state index is 0.0479. The molecule has 0 saturated carbocycles. The van der Waals surface area contributed by atoms with Crippen LogP contribution in [0.3, 0.4) is 0 Å². The molecule has 0 aliphatic carbocycles. The van der Waals surface area contributed by atoms with Crippen LogP contribution in [0.4, 0.5) is 0 Å². The largest absolute Gasteiger partial charge is 0.292 e. The Balaban J connectivity index is 1.34. The molecule has 5 rings (SSSR count). The van der Waals surface area contributed by atoms with Gasteiger partial charge in [-0.15, -0.1) is 0 Å². The molecule has 0 bridgehead atoms. The summed E-state index contributed by atoms with van der Waals surface area (Å²) in [6.45, 7) is 0.615. The molecule has 0 amide bonds. The van der Waals surface area contributed by atoms with Gasteiger partial charge in [-0.25, -0.2) is 0 Å². The van der Waals surface area contributed by atoms with Crippen molar-refractivity contribution in [3.63, 3.8) is 0 Å². The minimum Gasteiger partial charge on any atom is -0.292 e. The molecule has 8 nitrogen and oxygen atoms in total. The van der Waals surface area contributed by atoms with E-state index in [-0.39, 0.29) is 12.2 Å². The van der Waals surface area contributed by atoms with Gasteiger partial charge >= 0.3 is 0 Å². The highest BCUT2D eigenvalue weighted by atomic mass is 16.1. The second-order valence-electron chi connectivity index (χ2n) is 6.83. The third-order valence-electron chi connectivity index (χ3n) is 4.78. The second kappa shape index (κ2) is 7.16. The SMILES string of the molecule is O=C(Cc1cnn(Cc2cccnc2)c1)c1n[nH]c2cc(-c3cn[nH]c3)ccc12. The zero-order chi connectivity index (χ0) is 19.6. The van der Waals surface area contributed by atoms with E-state index in [4.69, 9.17) is 0 Å². The molecule has 0 aliphatic rings. The number of pyridine rings is 1. The van der Waals surface area contributed by atoms with Crippen LogP contribution in [0.2, 0.25) is 0 Å². The van der Waals surface area contributed by atoms with Crippen molar-refractivity contribution in [2.75, 3.05) is 0 Å². The van der Waals surface area contributed by atoms with Crippen molar-refractivity contribution in [2.45, 2.75) is 13.0 Å². The Labute approximate surface area is 165 Å². The predicted molar refractivity (Wildman–Crippen MR) is 107 cm³/mol. The fourth-order valence-electron chi connectivity index (χ4n) is 3.35. The van der Waals surface area contributed by atoms with Crippen LogP contribution in [0.15, 0.2) is 67.5 Å². The topological polar surface area (TPSA) is 105 Å². The van der Waals surface area contributed by atoms with E-state index in [2.05, 4.69) is 30.5 Å². The van der Waals surface area contributed by atoms with Crippen LogP contribution in [0.5, 0.6) is 0 Å². The van der Waals surface area contributed by atoms with Crippen LogP contribution in [-0.2, 0) is 13.0 Å². The summed E-state index contributed by atoms with van der Waals surface area (Å²) in [6, 6.07) is 9.73. The number of rotatable bonds is 6. The number of fused-ring (bicyclic) bond motifs is 1. The summed E-state index contributed by atoms with van der Waals surface area (Å²) in [5, 5.41) is 19.2. The summed E-state index contributed by atoms with van der Waals surface area (Å²) < 4.78 is 1.81. The molecule has 142 valence electrons. The van der Waals surface area contributed by atoms with Crippen molar-refractivity contribution in [3.05, 3.63) is 84.3 Å². The van der Waals surface area contributed by atoms with Gasteiger partial charge in [-0.2, -0.15) is 15.3 Å². The van der Waals surface area contributed by atoms with E-state index in [0.29, 0.717) is 12.2 Å². The van der Waals surface area contributed by atoms with Crippen LogP contribution in [0.25, 0.3) is 22.0 Å². The highest BCUT2D eigenvalue weighted by Gasteiger charge is 2.16. The van der Waals surface area contributed by atoms with Gasteiger partial charge in [0.1, 0.15) is 5.69 Å². The number of ketones is 1. The maximum atomic E-state index is 12.8. The molecule has 8 heteroatoms. The summed E-state index contributed by atoms with van der Waals surface area (Å²) in [7, 11) is 0. The number of carbonyl (C=O) groups is 1. The lowest BCUT2D eigenvalue weighted by Gasteiger charge is -2.00. The number of aromatic amines is 2. The first-order valence-electron chi connectivity index (χ1n) is 9.17. The Kier molecular flexibility index (Phi) is 4.21. The van der Waals surface area contributed by atoms with E-state index in [1.165, 1.54) is 0 Å². The van der Waals surface area contributed by atoms with Gasteiger partial charge in [0, 0.05) is 42.2 Å². The molecule has 2 N–H and O–H groups in total. The van der Waals surface area contributed by atoms with E-state index in [0.717, 1.165) is 33.2 Å². The summed E-state index contributed by atoms with van der Waals surface area (Å²) in [5.74, 6) is -0.0479. The van der Waals surface area contributed by atoms with E-state index < -0.39 is 0 Å². The number of hydrogen-bond donors (Lipinski definition) is 2. The molecule has 4 heterocycles. The Morgan fingerprint density at radius 3 is 2.86 bits per heavy atom. The van der Waals surface area contributed by atoms with Crippen LogP contribution >= 0.6 is 0 Å². The Morgan fingerprint density at radius 2 is 2.03 bits per heavy atom. The van der Waals surface area contributed by atoms with Crippen molar-refractivity contribution in [1.29, 1.82) is 0 Å². The van der Waals surface area contributed by atoms with Crippen molar-refractivity contribution in [1.82, 2.24) is 35.2 Å². The first-order valence-corrected chi connectivity index (χ1v) is 9.17. The maximum absolute atomic E-state index is 12.8. The van der Waals surface area contributed by atoms with Crippen LogP contribution in [-0.4, -0.2) is 40.9 Å². The van der Waals surface area contributed by atoms with Crippen LogP contribution in [0.1, 0.15) is 21.6 Å². The zero-order valence-electron chi connectivity index (χ0n) is 15.4. The summed E-state index contributed by atoms with van der Waals surface area (Å²) in [6.07, 6.45) is 11.0. The summed E-state index contributed by atoms with van der Waals surface area (Å²) in [5.41, 5.74) is 5.16. The average Bonchev–Trinajstić information content (AvgIpc) is 3.49. The predicted octanol–water partition coefficient (Wildman–Crippen LogP) is 3.02. The standard InChI is InChI=1S/C21H17N7O/c29-20(6-15-9-25-28(13-15)12-14-2-1-5-22-8-14)21-18-4-3-16(7-19(18)26-27-21)17-10-23-24-11-17/h1-5,7-11,13H,6,12H2,(H,23,24)(H,26,27). The van der Waals surface area contributed by atoms with Gasteiger partial charge in [0.05, 0.1) is 24.5 Å². The Hall–Kier alpha value is -4.07. The van der Waals surface area contributed by atoms with Gasteiger partial charge in [0.2, 0.25) is 0 Å². The molecule has 29 heavy (non-hydrogen) atoms. The van der Waals surface area contributed by atoms with Gasteiger partial charge in [-0.3, -0.25) is 24.7 Å². The number of aromatic nitrogens is 7. The fraction of sp³-hybridized carbons (Fsp3) is 0.0952. The molecule has 0 aliphatic heterocycles. The smallest absolute Gasteiger partial charge is 0.188 e. The highest BCUT2D eigenvalue weighted by molar-refractivity contribution is 6.07. The highest BCUT2D eigenvalue weighted by Crippen LogP contribution is 2.25. The zero-order valence-corrected chi connectivity index (χ0v) is 15.4. The lowest BCUT2D eigenvalue weighted by molar-refractivity contribution is 0.0989. The lowest BCUT2D eigenvalue weighted by atomic mass is 10.0. The first kappa shape index (κ1) is 17.1. The van der Waals surface area contributed by atoms with Crippen molar-refractivity contribution in [3.8, 4) is 11.1 Å². The molecule has 0 atom stereocenters. The number of benzene rings is 1. The normalized spacial score (nSPS) is 11.2. The van der Waals surface area contributed by atoms with Crippen molar-refractivity contribution in [2.24, 2.45) is 0 Å². The summed E-state index contributed by atoms with van der Waals surface area (Å²) >= 11 is 0. The number of hydrogen-bond acceptors (Lipinski definition) is 5. The number of nitrogens with one attached hydrogen (secondary N) is 2. The summed E-state index contributed by atoms with van der Waals surface area (Å²) in [4.78, 5) is 16.9. The second-order valence-corrected chi connectivity index (χ2v) is 6.83. The van der Waals surface area contributed by atoms with Gasteiger partial charge < -0.3 is 0 Å². The molecule has 0 spiro atoms. The van der Waals surface area contributed by atoms with Gasteiger partial charge in [-0.1, -0.05) is 12.1 Å². The minimum atomic E-state index is -0.0479. The van der Waals surface area contributed by atoms with Gasteiger partial charge in [0.15, 0.2) is 5.78 Å². The van der Waals surface area contributed by atoms with Crippen LogP contribution in [0, 0.1) is 0 Å².